The van der Waals surface area contributed by atoms with Crippen molar-refractivity contribution in [3.05, 3.63) is 51.7 Å². The van der Waals surface area contributed by atoms with Gasteiger partial charge < -0.3 is 15.8 Å². The molecular weight excluding hydrogens is 292 g/mol. The highest BCUT2D eigenvalue weighted by Gasteiger charge is 2.16. The lowest BCUT2D eigenvalue weighted by Gasteiger charge is -2.07. The zero-order valence-corrected chi connectivity index (χ0v) is 11.9. The fraction of sp³-hybridized carbons (Fsp3) is 0.0714. The van der Waals surface area contributed by atoms with Crippen LogP contribution in [0.25, 0.3) is 0 Å². The molecule has 0 spiro atoms. The second-order valence-corrected chi connectivity index (χ2v) is 5.10. The molecule has 0 bridgehead atoms. The first kappa shape index (κ1) is 14.7. The monoisotopic (exact) mass is 304 g/mol. The summed E-state index contributed by atoms with van der Waals surface area (Å²) in [6.45, 7) is 0. The molecule has 0 saturated heterocycles. The van der Waals surface area contributed by atoms with Crippen LogP contribution in [0.2, 0.25) is 0 Å². The molecule has 0 aliphatic carbocycles. The lowest BCUT2D eigenvalue weighted by atomic mass is 10.1. The van der Waals surface area contributed by atoms with Crippen molar-refractivity contribution < 1.29 is 19.1 Å². The van der Waals surface area contributed by atoms with Gasteiger partial charge in [0.25, 0.3) is 11.8 Å². The number of esters is 1. The van der Waals surface area contributed by atoms with Crippen LogP contribution in [0, 0.1) is 0 Å². The van der Waals surface area contributed by atoms with E-state index < -0.39 is 17.8 Å². The third-order valence-corrected chi connectivity index (χ3v) is 3.72. The molecule has 108 valence electrons. The highest BCUT2D eigenvalue weighted by molar-refractivity contribution is 7.16. The van der Waals surface area contributed by atoms with Gasteiger partial charge >= 0.3 is 5.97 Å². The topological polar surface area (TPSA) is 98.5 Å². The Kier molecular flexibility index (Phi) is 4.34. The molecule has 2 aromatic rings. The van der Waals surface area contributed by atoms with Crippen molar-refractivity contribution >= 4 is 34.8 Å². The molecule has 0 unspecified atom stereocenters. The molecule has 1 aromatic heterocycles. The second-order valence-electron chi connectivity index (χ2n) is 4.02. The molecule has 0 aliphatic heterocycles. The van der Waals surface area contributed by atoms with E-state index in [0.29, 0.717) is 15.4 Å². The van der Waals surface area contributed by atoms with Gasteiger partial charge in [-0.1, -0.05) is 12.1 Å². The summed E-state index contributed by atoms with van der Waals surface area (Å²) >= 11 is 1.00. The summed E-state index contributed by atoms with van der Waals surface area (Å²) in [5.41, 5.74) is 5.78. The second kappa shape index (κ2) is 6.19. The molecule has 0 aliphatic rings. The summed E-state index contributed by atoms with van der Waals surface area (Å²) in [6.07, 6.45) is 0. The van der Waals surface area contributed by atoms with Crippen molar-refractivity contribution in [1.29, 1.82) is 0 Å². The quantitative estimate of drug-likeness (QED) is 0.843. The van der Waals surface area contributed by atoms with Gasteiger partial charge in [-0.2, -0.15) is 0 Å². The number of amides is 2. The third-order valence-electron chi connectivity index (χ3n) is 2.66. The number of rotatable bonds is 4. The van der Waals surface area contributed by atoms with Crippen LogP contribution in [0.4, 0.5) is 5.69 Å². The minimum Gasteiger partial charge on any atom is -0.465 e. The molecule has 3 N–H and O–H groups in total. The van der Waals surface area contributed by atoms with Gasteiger partial charge in [0, 0.05) is 0 Å². The number of methoxy groups -OCH3 is 1. The van der Waals surface area contributed by atoms with E-state index in [1.54, 1.807) is 18.2 Å². The van der Waals surface area contributed by atoms with E-state index in [1.165, 1.54) is 25.3 Å². The van der Waals surface area contributed by atoms with Gasteiger partial charge in [0.05, 0.1) is 23.2 Å². The molecule has 1 aromatic carbocycles. The molecule has 2 amide bonds. The molecule has 6 nitrogen and oxygen atoms in total. The fourth-order valence-corrected chi connectivity index (χ4v) is 2.48. The maximum absolute atomic E-state index is 12.1. The Morgan fingerprint density at radius 3 is 2.43 bits per heavy atom. The van der Waals surface area contributed by atoms with E-state index >= 15 is 0 Å². The minimum atomic E-state index is -0.632. The molecule has 0 atom stereocenters. The first-order chi connectivity index (χ1) is 10.0. The average molecular weight is 304 g/mol. The Balaban J connectivity index is 2.21. The van der Waals surface area contributed by atoms with E-state index in [9.17, 15) is 14.4 Å². The maximum atomic E-state index is 12.1. The van der Waals surface area contributed by atoms with Gasteiger partial charge in [-0.15, -0.1) is 11.3 Å². The van der Waals surface area contributed by atoms with Crippen LogP contribution in [-0.4, -0.2) is 24.9 Å². The summed E-state index contributed by atoms with van der Waals surface area (Å²) in [4.78, 5) is 35.4. The van der Waals surface area contributed by atoms with Crippen molar-refractivity contribution in [2.24, 2.45) is 5.73 Å². The van der Waals surface area contributed by atoms with E-state index in [1.807, 2.05) is 0 Å². The van der Waals surface area contributed by atoms with E-state index in [2.05, 4.69) is 10.1 Å². The van der Waals surface area contributed by atoms with Gasteiger partial charge in [0.1, 0.15) is 4.88 Å². The van der Waals surface area contributed by atoms with Crippen LogP contribution in [-0.2, 0) is 4.74 Å². The normalized spacial score (nSPS) is 9.95. The number of nitrogens with two attached hydrogens (primary N) is 1. The number of para-hydroxylation sites is 1. The van der Waals surface area contributed by atoms with Gasteiger partial charge in [0.2, 0.25) is 0 Å². The van der Waals surface area contributed by atoms with Crippen LogP contribution in [0.3, 0.4) is 0 Å². The van der Waals surface area contributed by atoms with Crippen LogP contribution in [0.1, 0.15) is 29.7 Å². The van der Waals surface area contributed by atoms with Crippen molar-refractivity contribution in [3.63, 3.8) is 0 Å². The molecule has 0 saturated carbocycles. The smallest absolute Gasteiger partial charge is 0.348 e. The molecule has 21 heavy (non-hydrogen) atoms. The minimum absolute atomic E-state index is 0.218. The standard InChI is InChI=1S/C14H12N2O4S/c1-20-14(19)11-7-6-10(21-11)13(18)16-9-5-3-2-4-8(9)12(15)17/h2-7H,1H3,(H2,15,17)(H,16,18). The van der Waals surface area contributed by atoms with Gasteiger partial charge in [-0.25, -0.2) is 4.79 Å². The van der Waals surface area contributed by atoms with Crippen molar-refractivity contribution in [2.45, 2.75) is 0 Å². The number of benzene rings is 1. The van der Waals surface area contributed by atoms with Crippen molar-refractivity contribution in [3.8, 4) is 0 Å². The van der Waals surface area contributed by atoms with Gasteiger partial charge in [-0.05, 0) is 24.3 Å². The lowest BCUT2D eigenvalue weighted by Crippen LogP contribution is -2.17. The summed E-state index contributed by atoms with van der Waals surface area (Å²) in [7, 11) is 1.27. The Morgan fingerprint density at radius 2 is 1.76 bits per heavy atom. The van der Waals surface area contributed by atoms with Crippen molar-refractivity contribution in [2.75, 3.05) is 12.4 Å². The number of hydrogen-bond donors (Lipinski definition) is 2. The van der Waals surface area contributed by atoms with Gasteiger partial charge in [0.15, 0.2) is 0 Å². The predicted molar refractivity (Wildman–Crippen MR) is 78.6 cm³/mol. The Hall–Kier alpha value is -2.67. The maximum Gasteiger partial charge on any atom is 0.348 e. The first-order valence-corrected chi connectivity index (χ1v) is 6.73. The van der Waals surface area contributed by atoms with Crippen LogP contribution in [0.15, 0.2) is 36.4 Å². The molecular formula is C14H12N2O4S. The van der Waals surface area contributed by atoms with Gasteiger partial charge in [-0.3, -0.25) is 9.59 Å². The molecule has 7 heteroatoms. The number of hydrogen-bond acceptors (Lipinski definition) is 5. The molecule has 2 rings (SSSR count). The average Bonchev–Trinajstić information content (AvgIpc) is 2.96. The number of ether oxygens (including phenoxy) is 1. The molecule has 0 fully saturated rings. The number of nitrogens with one attached hydrogen (secondary N) is 1. The summed E-state index contributed by atoms with van der Waals surface area (Å²) < 4.78 is 4.58. The van der Waals surface area contributed by atoms with E-state index in [0.717, 1.165) is 11.3 Å². The van der Waals surface area contributed by atoms with Crippen LogP contribution >= 0.6 is 11.3 Å². The largest absolute Gasteiger partial charge is 0.465 e. The highest BCUT2D eigenvalue weighted by atomic mass is 32.1. The number of carbonyl (C=O) groups is 3. The highest BCUT2D eigenvalue weighted by Crippen LogP contribution is 2.20. The lowest BCUT2D eigenvalue weighted by molar-refractivity contribution is 0.0606. The SMILES string of the molecule is COC(=O)c1ccc(C(=O)Nc2ccccc2C(N)=O)s1. The number of thiophene rings is 1. The summed E-state index contributed by atoms with van der Waals surface area (Å²) in [6, 6.07) is 9.44. The first-order valence-electron chi connectivity index (χ1n) is 5.91. The predicted octanol–water partition coefficient (Wildman–Crippen LogP) is 1.89. The summed E-state index contributed by atoms with van der Waals surface area (Å²) in [5, 5.41) is 2.60. The van der Waals surface area contributed by atoms with Crippen molar-refractivity contribution in [1.82, 2.24) is 0 Å². The number of primary amides is 1. The third kappa shape index (κ3) is 3.26. The van der Waals surface area contributed by atoms with Crippen LogP contribution in [0.5, 0.6) is 0 Å². The van der Waals surface area contributed by atoms with E-state index in [4.69, 9.17) is 5.73 Å². The number of anilines is 1. The number of carbonyl (C=O) groups excluding carboxylic acids is 3. The molecule has 1 heterocycles. The van der Waals surface area contributed by atoms with E-state index in [-0.39, 0.29) is 5.56 Å². The summed E-state index contributed by atoms with van der Waals surface area (Å²) in [5.74, 6) is -1.56. The Bertz CT molecular complexity index is 709. The molecule has 0 radical (unpaired) electrons. The fourth-order valence-electron chi connectivity index (χ4n) is 1.66. The Morgan fingerprint density at radius 1 is 1.10 bits per heavy atom. The van der Waals surface area contributed by atoms with Crippen LogP contribution < -0.4 is 11.1 Å². The zero-order valence-electron chi connectivity index (χ0n) is 11.1. The Labute approximate surface area is 124 Å². The zero-order chi connectivity index (χ0) is 15.4.